The Balaban J connectivity index is 1.48. The van der Waals surface area contributed by atoms with Gasteiger partial charge in [0.15, 0.2) is 5.78 Å². The van der Waals surface area contributed by atoms with Crippen LogP contribution < -0.4 is 11.1 Å². The van der Waals surface area contributed by atoms with Crippen molar-refractivity contribution in [3.8, 4) is 0 Å². The van der Waals surface area contributed by atoms with Crippen LogP contribution in [-0.4, -0.2) is 70.1 Å². The zero-order chi connectivity index (χ0) is 27.8. The van der Waals surface area contributed by atoms with Crippen LogP contribution in [0.2, 0.25) is 0 Å². The Bertz CT molecular complexity index is 1070. The van der Waals surface area contributed by atoms with Gasteiger partial charge in [0.05, 0.1) is 18.1 Å². The van der Waals surface area contributed by atoms with Gasteiger partial charge in [0, 0.05) is 12.1 Å². The topological polar surface area (TPSA) is 113 Å². The molecule has 1 aromatic rings. The Morgan fingerprint density at radius 2 is 1.68 bits per heavy atom. The lowest BCUT2D eigenvalue weighted by molar-refractivity contribution is -0.140. The minimum atomic E-state index is -0.915. The molecule has 4 rings (SSSR count). The zero-order valence-electron chi connectivity index (χ0n) is 23.6. The Morgan fingerprint density at radius 3 is 2.26 bits per heavy atom. The normalized spacial score (nSPS) is 23.9. The quantitative estimate of drug-likeness (QED) is 0.594. The summed E-state index contributed by atoms with van der Waals surface area (Å²) in [6, 6.07) is 5.70. The number of nitrogens with zero attached hydrogens (tertiary/aromatic N) is 2. The molecule has 38 heavy (non-hydrogen) atoms. The van der Waals surface area contributed by atoms with Crippen molar-refractivity contribution in [3.63, 3.8) is 0 Å². The SMILES string of the molecule is CC(C)CC(NC(=O)c1ccc(C(C)(C)C)cc1)C(=O)N1CCC2C1C(=O)CN2C(=O)C1(N)CCCCC1. The number of amides is 3. The van der Waals surface area contributed by atoms with Crippen molar-refractivity contribution in [1.29, 1.82) is 0 Å². The van der Waals surface area contributed by atoms with E-state index in [-0.39, 0.29) is 47.4 Å². The molecule has 2 aliphatic heterocycles. The molecule has 3 fully saturated rings. The van der Waals surface area contributed by atoms with Crippen LogP contribution in [0.25, 0.3) is 0 Å². The third-order valence-electron chi connectivity index (χ3n) is 8.46. The van der Waals surface area contributed by atoms with Gasteiger partial charge in [0.25, 0.3) is 5.91 Å². The van der Waals surface area contributed by atoms with E-state index in [2.05, 4.69) is 26.1 Å². The summed E-state index contributed by atoms with van der Waals surface area (Å²) in [5, 5.41) is 2.94. The van der Waals surface area contributed by atoms with E-state index >= 15 is 0 Å². The first-order valence-electron chi connectivity index (χ1n) is 14.2. The Morgan fingerprint density at radius 1 is 1.05 bits per heavy atom. The number of Topliss-reactive ketones (excluding diaryl/α,β-unsaturated/α-hetero) is 1. The number of carbonyl (C=O) groups is 4. The lowest BCUT2D eigenvalue weighted by Crippen LogP contribution is -2.58. The highest BCUT2D eigenvalue weighted by molar-refractivity contribution is 6.01. The summed E-state index contributed by atoms with van der Waals surface area (Å²) in [7, 11) is 0. The van der Waals surface area contributed by atoms with E-state index in [1.165, 1.54) is 0 Å². The van der Waals surface area contributed by atoms with Gasteiger partial charge < -0.3 is 20.9 Å². The Kier molecular flexibility index (Phi) is 8.03. The molecule has 3 atom stereocenters. The molecule has 2 saturated heterocycles. The molecular formula is C30H44N4O4. The molecule has 208 valence electrons. The van der Waals surface area contributed by atoms with Gasteiger partial charge in [0.1, 0.15) is 12.1 Å². The van der Waals surface area contributed by atoms with Crippen molar-refractivity contribution in [2.45, 2.75) is 109 Å². The molecule has 0 aromatic heterocycles. The second kappa shape index (κ2) is 10.8. The highest BCUT2D eigenvalue weighted by atomic mass is 16.2. The molecule has 1 aliphatic carbocycles. The van der Waals surface area contributed by atoms with E-state index in [1.807, 2.05) is 26.0 Å². The van der Waals surface area contributed by atoms with Crippen molar-refractivity contribution >= 4 is 23.5 Å². The van der Waals surface area contributed by atoms with E-state index in [4.69, 9.17) is 5.73 Å². The van der Waals surface area contributed by atoms with E-state index in [0.29, 0.717) is 37.8 Å². The molecule has 0 bridgehead atoms. The lowest BCUT2D eigenvalue weighted by atomic mass is 9.81. The molecule has 3 unspecified atom stereocenters. The molecule has 1 aromatic carbocycles. The fourth-order valence-electron chi connectivity index (χ4n) is 6.28. The van der Waals surface area contributed by atoms with Crippen LogP contribution in [0.15, 0.2) is 24.3 Å². The second-order valence-corrected chi connectivity index (χ2v) is 12.9. The van der Waals surface area contributed by atoms with Gasteiger partial charge in [-0.3, -0.25) is 19.2 Å². The summed E-state index contributed by atoms with van der Waals surface area (Å²) in [5.41, 5.74) is 7.20. The summed E-state index contributed by atoms with van der Waals surface area (Å²) in [4.78, 5) is 56.8. The number of rotatable bonds is 6. The van der Waals surface area contributed by atoms with Gasteiger partial charge in [-0.1, -0.05) is 66.0 Å². The monoisotopic (exact) mass is 524 g/mol. The van der Waals surface area contributed by atoms with Gasteiger partial charge in [0.2, 0.25) is 11.8 Å². The third kappa shape index (κ3) is 5.65. The smallest absolute Gasteiger partial charge is 0.251 e. The van der Waals surface area contributed by atoms with Crippen molar-refractivity contribution in [2.24, 2.45) is 11.7 Å². The summed E-state index contributed by atoms with van der Waals surface area (Å²) < 4.78 is 0. The van der Waals surface area contributed by atoms with Gasteiger partial charge >= 0.3 is 0 Å². The second-order valence-electron chi connectivity index (χ2n) is 12.9. The third-order valence-corrected chi connectivity index (χ3v) is 8.46. The number of hydrogen-bond acceptors (Lipinski definition) is 5. The fraction of sp³-hybridized carbons (Fsp3) is 0.667. The number of nitrogens with one attached hydrogen (secondary N) is 1. The molecule has 1 saturated carbocycles. The predicted molar refractivity (Wildman–Crippen MR) is 146 cm³/mol. The molecule has 0 spiro atoms. The molecule has 8 heteroatoms. The molecule has 3 N–H and O–H groups in total. The fourth-order valence-corrected chi connectivity index (χ4v) is 6.28. The molecule has 3 aliphatic rings. The minimum absolute atomic E-state index is 0.00176. The lowest BCUT2D eigenvalue weighted by Gasteiger charge is -2.37. The summed E-state index contributed by atoms with van der Waals surface area (Å²) in [6.45, 7) is 10.7. The van der Waals surface area contributed by atoms with Gasteiger partial charge in [-0.25, -0.2) is 0 Å². The van der Waals surface area contributed by atoms with Crippen molar-refractivity contribution in [3.05, 3.63) is 35.4 Å². The molecule has 3 amide bonds. The first-order valence-corrected chi connectivity index (χ1v) is 14.2. The molecule has 2 heterocycles. The maximum absolute atomic E-state index is 13.8. The maximum Gasteiger partial charge on any atom is 0.251 e. The van der Waals surface area contributed by atoms with Crippen LogP contribution in [0.3, 0.4) is 0 Å². The molecule has 8 nitrogen and oxygen atoms in total. The predicted octanol–water partition coefficient (Wildman–Crippen LogP) is 3.17. The zero-order valence-corrected chi connectivity index (χ0v) is 23.6. The van der Waals surface area contributed by atoms with Gasteiger partial charge in [-0.05, 0) is 54.7 Å². The summed E-state index contributed by atoms with van der Waals surface area (Å²) in [5.74, 6) is -0.684. The highest BCUT2D eigenvalue weighted by Crippen LogP contribution is 2.35. The first kappa shape index (κ1) is 28.3. The number of nitrogens with two attached hydrogens (primary N) is 1. The standard InChI is InChI=1S/C30H44N4O4/c1-19(2)17-22(32-26(36)20-9-11-21(12-10-20)29(3,4)5)27(37)33-16-13-23-25(33)24(35)18-34(23)28(38)30(31)14-7-6-8-15-30/h9-12,19,22-23,25H,6-8,13-18,31H2,1-5H3,(H,32,36). The van der Waals surface area contributed by atoms with Crippen molar-refractivity contribution in [1.82, 2.24) is 15.1 Å². The van der Waals surface area contributed by atoms with E-state index in [9.17, 15) is 19.2 Å². The number of benzene rings is 1. The number of hydrogen-bond donors (Lipinski definition) is 2. The average Bonchev–Trinajstić information content (AvgIpc) is 3.43. The minimum Gasteiger partial charge on any atom is -0.340 e. The first-order chi connectivity index (χ1) is 17.8. The van der Waals surface area contributed by atoms with E-state index in [1.54, 1.807) is 21.9 Å². The largest absolute Gasteiger partial charge is 0.340 e. The summed E-state index contributed by atoms with van der Waals surface area (Å²) >= 11 is 0. The summed E-state index contributed by atoms with van der Waals surface area (Å²) in [6.07, 6.45) is 5.17. The Labute approximate surface area is 226 Å². The van der Waals surface area contributed by atoms with Crippen LogP contribution in [-0.2, 0) is 19.8 Å². The highest BCUT2D eigenvalue weighted by Gasteiger charge is 2.54. The van der Waals surface area contributed by atoms with Crippen LogP contribution in [0.5, 0.6) is 0 Å². The van der Waals surface area contributed by atoms with E-state index in [0.717, 1.165) is 24.8 Å². The van der Waals surface area contributed by atoms with Crippen LogP contribution in [0.1, 0.15) is 95.5 Å². The molecular weight excluding hydrogens is 480 g/mol. The van der Waals surface area contributed by atoms with Crippen LogP contribution >= 0.6 is 0 Å². The van der Waals surface area contributed by atoms with Gasteiger partial charge in [-0.2, -0.15) is 0 Å². The van der Waals surface area contributed by atoms with Gasteiger partial charge in [-0.15, -0.1) is 0 Å². The number of ketones is 1. The molecule has 0 radical (unpaired) electrons. The van der Waals surface area contributed by atoms with Crippen molar-refractivity contribution < 1.29 is 19.2 Å². The van der Waals surface area contributed by atoms with Crippen LogP contribution in [0, 0.1) is 5.92 Å². The average molecular weight is 525 g/mol. The number of carbonyl (C=O) groups excluding carboxylic acids is 4. The van der Waals surface area contributed by atoms with Crippen LogP contribution in [0.4, 0.5) is 0 Å². The Hall–Kier alpha value is -2.74. The van der Waals surface area contributed by atoms with E-state index < -0.39 is 17.6 Å². The maximum atomic E-state index is 13.8. The number of likely N-dealkylation sites (tertiary alicyclic amines) is 2. The van der Waals surface area contributed by atoms with Crippen molar-refractivity contribution in [2.75, 3.05) is 13.1 Å². The number of fused-ring (bicyclic) bond motifs is 1.